The Morgan fingerprint density at radius 1 is 1.62 bits per heavy atom. The van der Waals surface area contributed by atoms with E-state index >= 15 is 0 Å². The predicted octanol–water partition coefficient (Wildman–Crippen LogP) is 2.35. The molecule has 13 heavy (non-hydrogen) atoms. The second-order valence-corrected chi connectivity index (χ2v) is 2.99. The number of hydrogen-bond acceptors (Lipinski definition) is 2. The van der Waals surface area contributed by atoms with E-state index in [0.717, 1.165) is 0 Å². The molecule has 0 saturated carbocycles. The Balaban J connectivity index is 3.07. The van der Waals surface area contributed by atoms with Crippen molar-refractivity contribution in [1.82, 2.24) is 0 Å². The summed E-state index contributed by atoms with van der Waals surface area (Å²) in [7, 11) is 1.46. The minimum atomic E-state index is -1.17. The summed E-state index contributed by atoms with van der Waals surface area (Å²) < 4.78 is 17.1. The maximum Gasteiger partial charge on any atom is 0.124 e. The van der Waals surface area contributed by atoms with E-state index in [2.05, 4.69) is 0 Å². The maximum absolute atomic E-state index is 12.2. The molecule has 2 nitrogen and oxygen atoms in total. The minimum Gasteiger partial charge on any atom is -0.496 e. The van der Waals surface area contributed by atoms with Crippen molar-refractivity contribution in [3.05, 3.63) is 28.8 Å². The normalized spacial score (nSPS) is 12.6. The van der Waals surface area contributed by atoms with E-state index in [9.17, 15) is 9.50 Å². The molecule has 72 valence electrons. The molecule has 0 aliphatic carbocycles. The van der Waals surface area contributed by atoms with Crippen LogP contribution in [0.15, 0.2) is 18.2 Å². The van der Waals surface area contributed by atoms with Crippen LogP contribution in [0.3, 0.4) is 0 Å². The third kappa shape index (κ3) is 2.32. The standard InChI is InChI=1S/C9H10ClFO2/c1-13-9-3-2-6(10)4-7(9)8(12)5-11/h2-4,8,12H,5H2,1H3. The summed E-state index contributed by atoms with van der Waals surface area (Å²) in [5.74, 6) is 0.439. The molecule has 0 bridgehead atoms. The zero-order chi connectivity index (χ0) is 9.84. The molecule has 0 spiro atoms. The zero-order valence-corrected chi connectivity index (χ0v) is 7.88. The third-order valence-corrected chi connectivity index (χ3v) is 1.93. The van der Waals surface area contributed by atoms with Gasteiger partial charge in [-0.2, -0.15) is 0 Å². The van der Waals surface area contributed by atoms with E-state index in [-0.39, 0.29) is 0 Å². The van der Waals surface area contributed by atoms with Crippen molar-refractivity contribution in [3.8, 4) is 5.75 Å². The van der Waals surface area contributed by atoms with Crippen LogP contribution < -0.4 is 4.74 Å². The van der Waals surface area contributed by atoms with Crippen LogP contribution in [0.25, 0.3) is 0 Å². The van der Waals surface area contributed by atoms with Gasteiger partial charge in [0.05, 0.1) is 7.11 Å². The Kier molecular flexibility index (Phi) is 3.51. The van der Waals surface area contributed by atoms with E-state index in [1.54, 1.807) is 12.1 Å². The molecule has 4 heteroatoms. The molecule has 0 heterocycles. The molecule has 0 aromatic heterocycles. The Labute approximate surface area is 80.9 Å². The van der Waals surface area contributed by atoms with Crippen molar-refractivity contribution >= 4 is 11.6 Å². The van der Waals surface area contributed by atoms with Crippen molar-refractivity contribution < 1.29 is 14.2 Å². The zero-order valence-electron chi connectivity index (χ0n) is 7.13. The quantitative estimate of drug-likeness (QED) is 0.819. The van der Waals surface area contributed by atoms with E-state index < -0.39 is 12.8 Å². The van der Waals surface area contributed by atoms with Crippen molar-refractivity contribution in [2.75, 3.05) is 13.8 Å². The highest BCUT2D eigenvalue weighted by molar-refractivity contribution is 6.30. The number of methoxy groups -OCH3 is 1. The Morgan fingerprint density at radius 2 is 2.31 bits per heavy atom. The summed E-state index contributed by atoms with van der Waals surface area (Å²) in [5, 5.41) is 9.70. The number of rotatable bonds is 3. The second-order valence-electron chi connectivity index (χ2n) is 2.56. The van der Waals surface area contributed by atoms with Crippen LogP contribution in [0, 0.1) is 0 Å². The topological polar surface area (TPSA) is 29.5 Å². The van der Waals surface area contributed by atoms with Gasteiger partial charge in [-0.1, -0.05) is 11.6 Å². The fourth-order valence-corrected chi connectivity index (χ4v) is 1.23. The number of ether oxygens (including phenoxy) is 1. The van der Waals surface area contributed by atoms with Crippen LogP contribution in [-0.2, 0) is 0 Å². The molecule has 1 rings (SSSR count). The van der Waals surface area contributed by atoms with Crippen molar-refractivity contribution in [2.45, 2.75) is 6.10 Å². The number of halogens is 2. The van der Waals surface area contributed by atoms with Crippen LogP contribution in [0.4, 0.5) is 4.39 Å². The first-order valence-electron chi connectivity index (χ1n) is 3.76. The maximum atomic E-state index is 12.2. The Bertz CT molecular complexity index is 291. The molecular weight excluding hydrogens is 195 g/mol. The van der Waals surface area contributed by atoms with E-state index in [1.807, 2.05) is 0 Å². The Morgan fingerprint density at radius 3 is 2.85 bits per heavy atom. The number of alkyl halides is 1. The number of aliphatic hydroxyl groups is 1. The fraction of sp³-hybridized carbons (Fsp3) is 0.333. The van der Waals surface area contributed by atoms with Gasteiger partial charge in [-0.3, -0.25) is 0 Å². The van der Waals surface area contributed by atoms with Crippen molar-refractivity contribution in [1.29, 1.82) is 0 Å². The van der Waals surface area contributed by atoms with Crippen LogP contribution in [0.2, 0.25) is 5.02 Å². The van der Waals surface area contributed by atoms with Crippen molar-refractivity contribution in [3.63, 3.8) is 0 Å². The van der Waals surface area contributed by atoms with Crippen LogP contribution in [0.1, 0.15) is 11.7 Å². The number of hydrogen-bond donors (Lipinski definition) is 1. The monoisotopic (exact) mass is 204 g/mol. The van der Waals surface area contributed by atoms with Gasteiger partial charge in [-0.25, -0.2) is 4.39 Å². The fourth-order valence-electron chi connectivity index (χ4n) is 1.05. The lowest BCUT2D eigenvalue weighted by molar-refractivity contribution is 0.138. The summed E-state index contributed by atoms with van der Waals surface area (Å²) in [4.78, 5) is 0. The summed E-state index contributed by atoms with van der Waals surface area (Å²) >= 11 is 5.69. The number of benzene rings is 1. The molecule has 0 aliphatic heterocycles. The molecule has 1 aromatic carbocycles. The highest BCUT2D eigenvalue weighted by Gasteiger charge is 2.12. The third-order valence-electron chi connectivity index (χ3n) is 1.70. The molecule has 1 aromatic rings. The SMILES string of the molecule is COc1ccc(Cl)cc1C(O)CF. The second kappa shape index (κ2) is 4.44. The average Bonchev–Trinajstić information content (AvgIpc) is 2.16. The van der Waals surface area contributed by atoms with Crippen LogP contribution >= 0.6 is 11.6 Å². The lowest BCUT2D eigenvalue weighted by Crippen LogP contribution is -2.02. The first-order chi connectivity index (χ1) is 6.19. The first kappa shape index (κ1) is 10.3. The number of aliphatic hydroxyl groups excluding tert-OH is 1. The van der Waals surface area contributed by atoms with Gasteiger partial charge in [-0.15, -0.1) is 0 Å². The predicted molar refractivity (Wildman–Crippen MR) is 48.9 cm³/mol. The lowest BCUT2D eigenvalue weighted by Gasteiger charge is -2.11. The molecule has 1 unspecified atom stereocenters. The first-order valence-corrected chi connectivity index (χ1v) is 4.14. The van der Waals surface area contributed by atoms with Crippen LogP contribution in [-0.4, -0.2) is 18.9 Å². The van der Waals surface area contributed by atoms with Crippen LogP contribution in [0.5, 0.6) is 5.75 Å². The molecule has 0 saturated heterocycles. The molecule has 0 radical (unpaired) electrons. The smallest absolute Gasteiger partial charge is 0.124 e. The van der Waals surface area contributed by atoms with E-state index in [0.29, 0.717) is 16.3 Å². The van der Waals surface area contributed by atoms with Gasteiger partial charge in [0.2, 0.25) is 0 Å². The summed E-state index contributed by atoms with van der Waals surface area (Å²) in [5.41, 5.74) is 0.373. The molecular formula is C9H10ClFO2. The van der Waals surface area contributed by atoms with E-state index in [1.165, 1.54) is 13.2 Å². The van der Waals surface area contributed by atoms with Crippen molar-refractivity contribution in [2.24, 2.45) is 0 Å². The van der Waals surface area contributed by atoms with Gasteiger partial charge in [0.25, 0.3) is 0 Å². The average molecular weight is 205 g/mol. The van der Waals surface area contributed by atoms with Gasteiger partial charge in [0, 0.05) is 10.6 Å². The molecule has 0 amide bonds. The minimum absolute atomic E-state index is 0.373. The highest BCUT2D eigenvalue weighted by Crippen LogP contribution is 2.28. The van der Waals surface area contributed by atoms with Gasteiger partial charge < -0.3 is 9.84 Å². The highest BCUT2D eigenvalue weighted by atomic mass is 35.5. The van der Waals surface area contributed by atoms with Gasteiger partial charge in [0.15, 0.2) is 0 Å². The molecule has 1 atom stereocenters. The van der Waals surface area contributed by atoms with Gasteiger partial charge in [0.1, 0.15) is 18.5 Å². The molecule has 1 N–H and O–H groups in total. The summed E-state index contributed by atoms with van der Waals surface area (Å²) in [6.45, 7) is -0.850. The lowest BCUT2D eigenvalue weighted by atomic mass is 10.1. The largest absolute Gasteiger partial charge is 0.496 e. The molecule has 0 fully saturated rings. The van der Waals surface area contributed by atoms with E-state index in [4.69, 9.17) is 16.3 Å². The summed E-state index contributed by atoms with van der Waals surface area (Å²) in [6, 6.07) is 4.70. The summed E-state index contributed by atoms with van der Waals surface area (Å²) in [6.07, 6.45) is -1.17. The Hall–Kier alpha value is -0.800. The van der Waals surface area contributed by atoms with Gasteiger partial charge in [-0.05, 0) is 18.2 Å². The molecule has 0 aliphatic rings. The van der Waals surface area contributed by atoms with Gasteiger partial charge >= 0.3 is 0 Å².